The summed E-state index contributed by atoms with van der Waals surface area (Å²) < 4.78 is 7.00. The van der Waals surface area contributed by atoms with E-state index in [0.29, 0.717) is 42.2 Å². The first-order valence-corrected chi connectivity index (χ1v) is 12.5. The monoisotopic (exact) mass is 584 g/mol. The maximum Gasteiger partial charge on any atom is 0.347 e. The van der Waals surface area contributed by atoms with E-state index in [0.717, 1.165) is 20.6 Å². The van der Waals surface area contributed by atoms with Crippen LogP contribution in [0, 0.1) is 0 Å². The van der Waals surface area contributed by atoms with Gasteiger partial charge in [0.05, 0.1) is 27.6 Å². The molecule has 0 fully saturated rings. The number of hydrazone groups is 1. The predicted octanol–water partition coefficient (Wildman–Crippen LogP) is 6.78. The van der Waals surface area contributed by atoms with Crippen LogP contribution >= 0.6 is 39.1 Å². The number of amides is 3. The molecule has 0 saturated heterocycles. The van der Waals surface area contributed by atoms with Crippen molar-refractivity contribution in [2.45, 2.75) is 13.0 Å². The van der Waals surface area contributed by atoms with E-state index in [1.54, 1.807) is 12.1 Å². The van der Waals surface area contributed by atoms with Crippen molar-refractivity contribution < 1.29 is 14.3 Å². The molecular formula is C26H19BrCl2N4O3. The lowest BCUT2D eigenvalue weighted by Crippen LogP contribution is -2.40. The Kier molecular flexibility index (Phi) is 6.75. The first-order valence-electron chi connectivity index (χ1n) is 11.0. The minimum absolute atomic E-state index is 0.0193. The number of ether oxygens (including phenoxy) is 1. The van der Waals surface area contributed by atoms with Crippen molar-refractivity contribution in [3.63, 3.8) is 0 Å². The minimum Gasteiger partial charge on any atom is -0.454 e. The molecule has 3 amide bonds. The first kappa shape index (κ1) is 24.4. The van der Waals surface area contributed by atoms with E-state index in [4.69, 9.17) is 27.9 Å². The highest BCUT2D eigenvalue weighted by molar-refractivity contribution is 9.10. The number of fused-ring (bicyclic) bond motifs is 1. The lowest BCUT2D eigenvalue weighted by atomic mass is 9.98. The molecule has 36 heavy (non-hydrogen) atoms. The van der Waals surface area contributed by atoms with Gasteiger partial charge in [0.2, 0.25) is 0 Å². The fraction of sp³-hybridized carbons (Fsp3) is 0.115. The first-order chi connectivity index (χ1) is 17.3. The van der Waals surface area contributed by atoms with E-state index < -0.39 is 6.03 Å². The second-order valence-electron chi connectivity index (χ2n) is 8.27. The molecule has 0 bridgehead atoms. The summed E-state index contributed by atoms with van der Waals surface area (Å²) in [5, 5.41) is 8.16. The van der Waals surface area contributed by atoms with Crippen molar-refractivity contribution in [2.75, 3.05) is 11.6 Å². The summed E-state index contributed by atoms with van der Waals surface area (Å²) in [4.78, 5) is 27.1. The van der Waals surface area contributed by atoms with E-state index in [-0.39, 0.29) is 21.7 Å². The van der Waals surface area contributed by atoms with Crippen LogP contribution in [-0.2, 0) is 13.0 Å². The standard InChI is InChI=1S/C26H19BrCl2N4O3/c1-15-13-30-33(26(35)31-15)19-11-22(28)24(23(29)12-19)36-20-6-7-21-17(10-20)8-9-32(25(21)34)14-16-2-4-18(27)5-3-16/h2-7,10-13H,1,8-9,14H2,(H,31,35). The zero-order valence-electron chi connectivity index (χ0n) is 18.8. The molecule has 3 aromatic carbocycles. The number of urea groups is 1. The Hall–Kier alpha value is -3.33. The predicted molar refractivity (Wildman–Crippen MR) is 144 cm³/mol. The lowest BCUT2D eigenvalue weighted by Gasteiger charge is -2.29. The number of carbonyl (C=O) groups is 2. The van der Waals surface area contributed by atoms with Crippen molar-refractivity contribution in [1.29, 1.82) is 0 Å². The zero-order valence-corrected chi connectivity index (χ0v) is 21.9. The van der Waals surface area contributed by atoms with E-state index in [1.807, 2.05) is 35.2 Å². The second-order valence-corrected chi connectivity index (χ2v) is 10.0. The third kappa shape index (κ3) is 4.97. The van der Waals surface area contributed by atoms with Crippen molar-refractivity contribution >= 4 is 63.0 Å². The number of anilines is 1. The van der Waals surface area contributed by atoms with Gasteiger partial charge in [-0.3, -0.25) is 4.79 Å². The summed E-state index contributed by atoms with van der Waals surface area (Å²) in [6, 6.07) is 15.9. The van der Waals surface area contributed by atoms with Gasteiger partial charge in [0, 0.05) is 23.1 Å². The summed E-state index contributed by atoms with van der Waals surface area (Å²) in [6.45, 7) is 4.80. The Morgan fingerprint density at radius 2 is 1.78 bits per heavy atom. The third-order valence-electron chi connectivity index (χ3n) is 5.77. The van der Waals surface area contributed by atoms with Crippen molar-refractivity contribution in [2.24, 2.45) is 5.10 Å². The van der Waals surface area contributed by atoms with Gasteiger partial charge in [-0.2, -0.15) is 10.1 Å². The van der Waals surface area contributed by atoms with Gasteiger partial charge in [-0.1, -0.05) is 57.8 Å². The number of rotatable bonds is 5. The molecule has 0 atom stereocenters. The molecule has 0 spiro atoms. The van der Waals surface area contributed by atoms with E-state index in [9.17, 15) is 9.59 Å². The van der Waals surface area contributed by atoms with Crippen LogP contribution in [0.1, 0.15) is 21.5 Å². The SMILES string of the molecule is C=C1C=NN(c2cc(Cl)c(Oc3ccc4c(c3)CCN(Cc3ccc(Br)cc3)C4=O)c(Cl)c2)C(=O)N1. The molecule has 2 heterocycles. The topological polar surface area (TPSA) is 74.2 Å². The Balaban J connectivity index is 1.33. The van der Waals surface area contributed by atoms with E-state index in [1.165, 1.54) is 18.3 Å². The normalized spacial score (nSPS) is 15.1. The van der Waals surface area contributed by atoms with Gasteiger partial charge < -0.3 is 15.0 Å². The Morgan fingerprint density at radius 3 is 2.47 bits per heavy atom. The van der Waals surface area contributed by atoms with Crippen LogP contribution in [-0.4, -0.2) is 29.6 Å². The molecule has 7 nitrogen and oxygen atoms in total. The number of carbonyl (C=O) groups excluding carboxylic acids is 2. The van der Waals surface area contributed by atoms with Crippen molar-refractivity contribution in [3.05, 3.63) is 98.1 Å². The summed E-state index contributed by atoms with van der Waals surface area (Å²) in [5.74, 6) is 0.727. The molecule has 0 aliphatic carbocycles. The molecular weight excluding hydrogens is 567 g/mol. The molecule has 0 unspecified atom stereocenters. The third-order valence-corrected chi connectivity index (χ3v) is 6.86. The lowest BCUT2D eigenvalue weighted by molar-refractivity contribution is 0.0727. The smallest absolute Gasteiger partial charge is 0.347 e. The number of hydrogen-bond acceptors (Lipinski definition) is 4. The maximum atomic E-state index is 13.1. The summed E-state index contributed by atoms with van der Waals surface area (Å²) in [6.07, 6.45) is 2.12. The number of hydrogen-bond donors (Lipinski definition) is 1. The van der Waals surface area contributed by atoms with Crippen LogP contribution in [0.2, 0.25) is 10.0 Å². The van der Waals surface area contributed by atoms with Crippen molar-refractivity contribution in [1.82, 2.24) is 10.2 Å². The van der Waals surface area contributed by atoms with Crippen LogP contribution in [0.4, 0.5) is 10.5 Å². The van der Waals surface area contributed by atoms with Crippen LogP contribution < -0.4 is 15.1 Å². The number of halogens is 3. The maximum absolute atomic E-state index is 13.1. The van der Waals surface area contributed by atoms with Crippen LogP contribution in [0.25, 0.3) is 0 Å². The quantitative estimate of drug-likeness (QED) is 0.359. The van der Waals surface area contributed by atoms with Gasteiger partial charge >= 0.3 is 6.03 Å². The van der Waals surface area contributed by atoms with Crippen LogP contribution in [0.3, 0.4) is 0 Å². The molecule has 5 rings (SSSR count). The fourth-order valence-electron chi connectivity index (χ4n) is 4.01. The largest absolute Gasteiger partial charge is 0.454 e. The van der Waals surface area contributed by atoms with Gasteiger partial charge in [0.15, 0.2) is 5.75 Å². The van der Waals surface area contributed by atoms with E-state index >= 15 is 0 Å². The van der Waals surface area contributed by atoms with Gasteiger partial charge in [0.25, 0.3) is 5.91 Å². The summed E-state index contributed by atoms with van der Waals surface area (Å²) in [5.41, 5.74) is 3.37. The molecule has 2 aliphatic heterocycles. The average molecular weight is 586 g/mol. The van der Waals surface area contributed by atoms with Gasteiger partial charge in [-0.05, 0) is 60.0 Å². The Morgan fingerprint density at radius 1 is 1.06 bits per heavy atom. The number of nitrogens with zero attached hydrogens (tertiary/aromatic N) is 3. The second kappa shape index (κ2) is 9.97. The summed E-state index contributed by atoms with van der Waals surface area (Å²) >= 11 is 16.3. The Bertz CT molecular complexity index is 1400. The minimum atomic E-state index is -0.475. The highest BCUT2D eigenvalue weighted by Gasteiger charge is 2.26. The number of benzene rings is 3. The summed E-state index contributed by atoms with van der Waals surface area (Å²) in [7, 11) is 0. The molecule has 1 N–H and O–H groups in total. The molecule has 0 radical (unpaired) electrons. The number of allylic oxidation sites excluding steroid dienone is 1. The average Bonchev–Trinajstić information content (AvgIpc) is 2.84. The highest BCUT2D eigenvalue weighted by atomic mass is 79.9. The molecule has 10 heteroatoms. The van der Waals surface area contributed by atoms with E-state index in [2.05, 4.69) is 32.9 Å². The van der Waals surface area contributed by atoms with Crippen molar-refractivity contribution in [3.8, 4) is 11.5 Å². The Labute approximate surface area is 226 Å². The van der Waals surface area contributed by atoms with Gasteiger partial charge in [0.1, 0.15) is 5.75 Å². The van der Waals surface area contributed by atoms with Gasteiger partial charge in [-0.15, -0.1) is 0 Å². The molecule has 182 valence electrons. The molecule has 3 aromatic rings. The number of nitrogens with one attached hydrogen (secondary N) is 1. The zero-order chi connectivity index (χ0) is 25.4. The fourth-order valence-corrected chi connectivity index (χ4v) is 4.82. The van der Waals surface area contributed by atoms with Crippen LogP contribution in [0.15, 0.2) is 76.4 Å². The van der Waals surface area contributed by atoms with Crippen LogP contribution in [0.5, 0.6) is 11.5 Å². The highest BCUT2D eigenvalue weighted by Crippen LogP contribution is 2.40. The van der Waals surface area contributed by atoms with Gasteiger partial charge in [-0.25, -0.2) is 4.79 Å². The molecule has 0 aromatic heterocycles. The molecule has 2 aliphatic rings. The molecule has 0 saturated carbocycles.